The minimum Gasteiger partial charge on any atom is -0.383 e. The molecular weight excluding hydrogens is 438 g/mol. The lowest BCUT2D eigenvalue weighted by Crippen LogP contribution is -2.42. The highest BCUT2D eigenvalue weighted by Crippen LogP contribution is 2.45. The molecule has 0 unspecified atom stereocenters. The number of anilines is 2. The van der Waals surface area contributed by atoms with Crippen LogP contribution < -0.4 is 16.0 Å². The molecule has 4 rings (SSSR count). The number of nitriles is 1. The molecular formula is C25H32F2N6O. The third kappa shape index (κ3) is 5.99. The van der Waals surface area contributed by atoms with Crippen molar-refractivity contribution in [2.24, 2.45) is 5.41 Å². The van der Waals surface area contributed by atoms with Crippen molar-refractivity contribution in [2.45, 2.75) is 63.6 Å². The number of methoxy groups -OCH3 is 1. The highest BCUT2D eigenvalue weighted by Gasteiger charge is 2.43. The zero-order valence-corrected chi connectivity index (χ0v) is 19.7. The predicted molar refractivity (Wildman–Crippen MR) is 127 cm³/mol. The molecule has 2 aliphatic rings. The molecule has 2 heterocycles. The van der Waals surface area contributed by atoms with E-state index in [0.29, 0.717) is 42.2 Å². The minimum absolute atomic E-state index is 0.165. The molecule has 182 valence electrons. The van der Waals surface area contributed by atoms with Crippen molar-refractivity contribution < 1.29 is 13.5 Å². The number of hydrogen-bond donors (Lipinski definition) is 3. The maximum absolute atomic E-state index is 14.6. The van der Waals surface area contributed by atoms with E-state index in [0.717, 1.165) is 38.5 Å². The van der Waals surface area contributed by atoms with Crippen LogP contribution in [-0.4, -0.2) is 48.4 Å². The van der Waals surface area contributed by atoms with Crippen LogP contribution in [0.3, 0.4) is 0 Å². The van der Waals surface area contributed by atoms with Crippen molar-refractivity contribution in [3.8, 4) is 17.2 Å². The number of ether oxygens (including phenoxy) is 1. The Morgan fingerprint density at radius 1 is 1.15 bits per heavy atom. The molecule has 34 heavy (non-hydrogen) atoms. The van der Waals surface area contributed by atoms with Gasteiger partial charge in [-0.25, -0.2) is 14.4 Å². The fraction of sp³-hybridized carbons (Fsp3) is 0.560. The lowest BCUT2D eigenvalue weighted by molar-refractivity contribution is 0.161. The smallest absolute Gasteiger partial charge is 0.236 e. The van der Waals surface area contributed by atoms with Gasteiger partial charge in [-0.2, -0.15) is 9.65 Å². The molecule has 0 spiro atoms. The molecule has 0 bridgehead atoms. The van der Waals surface area contributed by atoms with Gasteiger partial charge in [-0.3, -0.25) is 0 Å². The van der Waals surface area contributed by atoms with E-state index in [1.807, 2.05) is 0 Å². The van der Waals surface area contributed by atoms with Gasteiger partial charge in [0.05, 0.1) is 30.0 Å². The Hall–Kier alpha value is -2.83. The lowest BCUT2D eigenvalue weighted by atomic mass is 9.90. The Labute approximate surface area is 199 Å². The standard InChI is InChI=1S/C25H32F2N6O/c1-16(13-34-2)32-18-3-5-19(6-4-18)33-23-10-20(21(26)12-29-23)17-9-22(24(27)30-11-17)31-15-25(14-28)7-8-25/h9-12,16,18-19,31-32H,3-8,13,15H2,1-2H3,(H,29,33)/t16-,18-,19-/m0/s1. The van der Waals surface area contributed by atoms with Crippen LogP contribution in [0.25, 0.3) is 11.1 Å². The fourth-order valence-corrected chi connectivity index (χ4v) is 4.52. The highest BCUT2D eigenvalue weighted by molar-refractivity contribution is 5.69. The molecule has 2 saturated carbocycles. The second kappa shape index (κ2) is 10.6. The average Bonchev–Trinajstić information content (AvgIpc) is 3.62. The summed E-state index contributed by atoms with van der Waals surface area (Å²) in [6.45, 7) is 3.16. The van der Waals surface area contributed by atoms with E-state index in [4.69, 9.17) is 4.74 Å². The molecule has 1 atom stereocenters. The molecule has 2 aromatic heterocycles. The highest BCUT2D eigenvalue weighted by atomic mass is 19.1. The van der Waals surface area contributed by atoms with E-state index in [1.54, 1.807) is 13.2 Å². The van der Waals surface area contributed by atoms with Gasteiger partial charge in [0.25, 0.3) is 0 Å². The quantitative estimate of drug-likeness (QED) is 0.441. The zero-order chi connectivity index (χ0) is 24.1. The Kier molecular flexibility index (Phi) is 7.59. The van der Waals surface area contributed by atoms with Crippen molar-refractivity contribution in [3.05, 3.63) is 36.3 Å². The summed E-state index contributed by atoms with van der Waals surface area (Å²) in [6.07, 6.45) is 8.15. The molecule has 3 N–H and O–H groups in total. The topological polar surface area (TPSA) is 94.9 Å². The molecule has 0 aromatic carbocycles. The van der Waals surface area contributed by atoms with Crippen LogP contribution >= 0.6 is 0 Å². The Balaban J connectivity index is 1.40. The zero-order valence-electron chi connectivity index (χ0n) is 19.7. The van der Waals surface area contributed by atoms with Crippen LogP contribution in [0.1, 0.15) is 45.4 Å². The molecule has 2 aromatic rings. The summed E-state index contributed by atoms with van der Waals surface area (Å²) < 4.78 is 34.1. The molecule has 2 fully saturated rings. The Morgan fingerprint density at radius 3 is 2.56 bits per heavy atom. The van der Waals surface area contributed by atoms with Gasteiger partial charge in [-0.1, -0.05) is 0 Å². The first-order chi connectivity index (χ1) is 16.4. The first-order valence-electron chi connectivity index (χ1n) is 11.9. The van der Waals surface area contributed by atoms with Gasteiger partial charge < -0.3 is 20.7 Å². The van der Waals surface area contributed by atoms with E-state index in [9.17, 15) is 14.0 Å². The van der Waals surface area contributed by atoms with Gasteiger partial charge in [0, 0.05) is 49.1 Å². The minimum atomic E-state index is -0.671. The Bertz CT molecular complexity index is 1030. The SMILES string of the molecule is COC[C@H](C)N[C@H]1CC[C@H](Nc2cc(-c3cnc(F)c(NCC4(C#N)CC4)c3)c(F)cn2)CC1. The van der Waals surface area contributed by atoms with Crippen LogP contribution in [0, 0.1) is 28.5 Å². The van der Waals surface area contributed by atoms with E-state index in [2.05, 4.69) is 38.9 Å². The molecule has 0 amide bonds. The summed E-state index contributed by atoms with van der Waals surface area (Å²) in [7, 11) is 1.71. The molecule has 9 heteroatoms. The average molecular weight is 471 g/mol. The van der Waals surface area contributed by atoms with E-state index in [1.165, 1.54) is 18.5 Å². The molecule has 0 saturated heterocycles. The number of hydrogen-bond acceptors (Lipinski definition) is 7. The molecule has 0 aliphatic heterocycles. The van der Waals surface area contributed by atoms with Crippen molar-refractivity contribution in [1.29, 1.82) is 5.26 Å². The van der Waals surface area contributed by atoms with E-state index >= 15 is 0 Å². The van der Waals surface area contributed by atoms with Crippen LogP contribution in [0.15, 0.2) is 24.5 Å². The maximum atomic E-state index is 14.6. The van der Waals surface area contributed by atoms with Gasteiger partial charge in [-0.15, -0.1) is 0 Å². The van der Waals surface area contributed by atoms with Gasteiger partial charge in [-0.05, 0) is 57.6 Å². The molecule has 0 radical (unpaired) electrons. The summed E-state index contributed by atoms with van der Waals surface area (Å²) in [5.41, 5.74) is 0.489. The third-order valence-electron chi connectivity index (χ3n) is 6.73. The summed E-state index contributed by atoms with van der Waals surface area (Å²) in [5.74, 6) is -0.586. The summed E-state index contributed by atoms with van der Waals surface area (Å²) in [6, 6.07) is 6.50. The first kappa shape index (κ1) is 24.3. The van der Waals surface area contributed by atoms with Crippen LogP contribution in [-0.2, 0) is 4.74 Å². The summed E-state index contributed by atoms with van der Waals surface area (Å²) in [4.78, 5) is 8.01. The van der Waals surface area contributed by atoms with Gasteiger partial charge in [0.1, 0.15) is 11.6 Å². The van der Waals surface area contributed by atoms with Crippen molar-refractivity contribution in [3.63, 3.8) is 0 Å². The second-order valence-electron chi connectivity index (χ2n) is 9.57. The number of pyridine rings is 2. The number of aromatic nitrogens is 2. The van der Waals surface area contributed by atoms with Gasteiger partial charge in [0.15, 0.2) is 0 Å². The number of rotatable bonds is 10. The van der Waals surface area contributed by atoms with Crippen LogP contribution in [0.4, 0.5) is 20.3 Å². The summed E-state index contributed by atoms with van der Waals surface area (Å²) in [5, 5.41) is 19.2. The van der Waals surface area contributed by atoms with Crippen LogP contribution in [0.2, 0.25) is 0 Å². The van der Waals surface area contributed by atoms with E-state index in [-0.39, 0.29) is 11.7 Å². The Morgan fingerprint density at radius 2 is 1.88 bits per heavy atom. The summed E-state index contributed by atoms with van der Waals surface area (Å²) >= 11 is 0. The molecule has 2 aliphatic carbocycles. The number of nitrogens with zero attached hydrogens (tertiary/aromatic N) is 3. The first-order valence-corrected chi connectivity index (χ1v) is 11.9. The fourth-order valence-electron chi connectivity index (χ4n) is 4.52. The lowest BCUT2D eigenvalue weighted by Gasteiger charge is -2.31. The second-order valence-corrected chi connectivity index (χ2v) is 9.57. The van der Waals surface area contributed by atoms with Gasteiger partial charge in [0.2, 0.25) is 5.95 Å². The molecule has 7 nitrogen and oxygen atoms in total. The van der Waals surface area contributed by atoms with Crippen LogP contribution in [0.5, 0.6) is 0 Å². The normalized spacial score (nSPS) is 22.0. The largest absolute Gasteiger partial charge is 0.383 e. The number of halogens is 2. The van der Waals surface area contributed by atoms with Gasteiger partial charge >= 0.3 is 0 Å². The third-order valence-corrected chi connectivity index (χ3v) is 6.73. The van der Waals surface area contributed by atoms with Crippen molar-refractivity contribution >= 4 is 11.5 Å². The maximum Gasteiger partial charge on any atom is 0.236 e. The van der Waals surface area contributed by atoms with Crippen molar-refractivity contribution in [1.82, 2.24) is 15.3 Å². The van der Waals surface area contributed by atoms with Crippen molar-refractivity contribution in [2.75, 3.05) is 30.9 Å². The monoisotopic (exact) mass is 470 g/mol. The predicted octanol–water partition coefficient (Wildman–Crippen LogP) is 4.49. The number of nitrogens with one attached hydrogen (secondary N) is 3. The van der Waals surface area contributed by atoms with E-state index < -0.39 is 17.2 Å².